The van der Waals surface area contributed by atoms with Crippen molar-refractivity contribution >= 4 is 29.5 Å². The van der Waals surface area contributed by atoms with E-state index in [1.807, 2.05) is 96.4 Å². The molecule has 2 amide bonds. The number of carbonyl (C=O) groups excluding carboxylic acids is 3. The second-order valence-corrected chi connectivity index (χ2v) is 10.2. The van der Waals surface area contributed by atoms with Gasteiger partial charge in [-0.05, 0) is 34.1 Å². The molecule has 2 heterocycles. The number of ether oxygens (including phenoxy) is 1. The van der Waals surface area contributed by atoms with Gasteiger partial charge in [-0.2, -0.15) is 0 Å². The summed E-state index contributed by atoms with van der Waals surface area (Å²) >= 11 is 1.43. The molecule has 7 heteroatoms. The van der Waals surface area contributed by atoms with Crippen molar-refractivity contribution in [2.75, 3.05) is 0 Å². The Labute approximate surface area is 226 Å². The molecule has 5 rings (SSSR count). The number of nitrogens with one attached hydrogen (secondary N) is 1. The fourth-order valence-corrected chi connectivity index (χ4v) is 6.04. The van der Waals surface area contributed by atoms with Crippen LogP contribution in [-0.4, -0.2) is 40.1 Å². The zero-order valence-corrected chi connectivity index (χ0v) is 21.6. The number of benzene rings is 3. The first-order chi connectivity index (χ1) is 18.6. The summed E-state index contributed by atoms with van der Waals surface area (Å²) < 4.78 is 6.13. The highest BCUT2D eigenvalue weighted by Gasteiger charge is 2.56. The predicted octanol–water partition coefficient (Wildman–Crippen LogP) is 4.79. The highest BCUT2D eigenvalue weighted by molar-refractivity contribution is 8.02. The van der Waals surface area contributed by atoms with Crippen molar-refractivity contribution in [2.24, 2.45) is 0 Å². The highest BCUT2D eigenvalue weighted by atomic mass is 32.2. The van der Waals surface area contributed by atoms with Gasteiger partial charge in [-0.3, -0.25) is 9.59 Å². The van der Waals surface area contributed by atoms with Crippen LogP contribution in [0.25, 0.3) is 0 Å². The van der Waals surface area contributed by atoms with Crippen LogP contribution >= 0.6 is 11.8 Å². The molecule has 0 spiro atoms. The molecule has 0 radical (unpaired) electrons. The number of carbonyl (C=O) groups is 3. The normalized spacial score (nSPS) is 20.1. The molecule has 0 unspecified atom stereocenters. The monoisotopic (exact) mass is 524 g/mol. The van der Waals surface area contributed by atoms with E-state index in [2.05, 4.69) is 11.9 Å². The lowest BCUT2D eigenvalue weighted by atomic mass is 9.95. The van der Waals surface area contributed by atoms with E-state index in [0.29, 0.717) is 6.42 Å². The summed E-state index contributed by atoms with van der Waals surface area (Å²) in [5, 5.41) is 4.37. The standard InChI is InChI=1S/C31H28N2O4S/c1-2-12-24-20-38-30-26(32-25(34)19-21-13-6-3-7-14-21)29(35)33(30)27(24)31(36)37-28(22-15-8-4-9-16-22)23-17-10-5-11-18-23/h2-11,13-18,20,26-28,30H,1,12,19H2,(H,32,34)/t26-,27-,30-/m1/s1. The summed E-state index contributed by atoms with van der Waals surface area (Å²) in [5.41, 5.74) is 3.29. The molecule has 0 aliphatic carbocycles. The average molecular weight is 525 g/mol. The van der Waals surface area contributed by atoms with Crippen molar-refractivity contribution in [2.45, 2.75) is 36.4 Å². The maximum Gasteiger partial charge on any atom is 0.334 e. The minimum Gasteiger partial charge on any atom is -0.451 e. The van der Waals surface area contributed by atoms with Crippen LogP contribution in [0.15, 0.2) is 115 Å². The molecule has 1 saturated heterocycles. The Morgan fingerprint density at radius 1 is 0.947 bits per heavy atom. The molecule has 3 aromatic rings. The van der Waals surface area contributed by atoms with Gasteiger partial charge in [0.2, 0.25) is 11.8 Å². The van der Waals surface area contributed by atoms with Gasteiger partial charge in [-0.1, -0.05) is 97.1 Å². The summed E-state index contributed by atoms with van der Waals surface area (Å²) in [4.78, 5) is 41.3. The van der Waals surface area contributed by atoms with Gasteiger partial charge in [-0.25, -0.2) is 4.79 Å². The molecule has 38 heavy (non-hydrogen) atoms. The number of hydrogen-bond acceptors (Lipinski definition) is 5. The Hall–Kier alpha value is -4.10. The smallest absolute Gasteiger partial charge is 0.334 e. The number of fused-ring (bicyclic) bond motifs is 1. The number of amides is 2. The van der Waals surface area contributed by atoms with Gasteiger partial charge in [-0.15, -0.1) is 18.3 Å². The van der Waals surface area contributed by atoms with Gasteiger partial charge >= 0.3 is 5.97 Å². The van der Waals surface area contributed by atoms with Crippen LogP contribution < -0.4 is 5.32 Å². The maximum atomic E-state index is 13.8. The van der Waals surface area contributed by atoms with Crippen LogP contribution in [0.3, 0.4) is 0 Å². The number of esters is 1. The van der Waals surface area contributed by atoms with Crippen LogP contribution in [0.4, 0.5) is 0 Å². The number of nitrogens with zero attached hydrogens (tertiary/aromatic N) is 1. The summed E-state index contributed by atoms with van der Waals surface area (Å²) in [7, 11) is 0. The van der Waals surface area contributed by atoms with E-state index in [4.69, 9.17) is 4.74 Å². The Morgan fingerprint density at radius 3 is 2.11 bits per heavy atom. The number of rotatable bonds is 9. The van der Waals surface area contributed by atoms with Crippen molar-refractivity contribution in [3.63, 3.8) is 0 Å². The topological polar surface area (TPSA) is 75.7 Å². The van der Waals surface area contributed by atoms with Crippen LogP contribution in [-0.2, 0) is 25.5 Å². The molecule has 6 nitrogen and oxygen atoms in total. The molecule has 0 bridgehead atoms. The molecule has 2 aliphatic rings. The predicted molar refractivity (Wildman–Crippen MR) is 148 cm³/mol. The van der Waals surface area contributed by atoms with E-state index in [1.54, 1.807) is 6.08 Å². The molecular weight excluding hydrogens is 496 g/mol. The third-order valence-electron chi connectivity index (χ3n) is 6.63. The van der Waals surface area contributed by atoms with E-state index >= 15 is 0 Å². The molecule has 0 saturated carbocycles. The zero-order chi connectivity index (χ0) is 26.5. The van der Waals surface area contributed by atoms with Crippen molar-refractivity contribution < 1.29 is 19.1 Å². The third-order valence-corrected chi connectivity index (χ3v) is 7.85. The van der Waals surface area contributed by atoms with E-state index in [9.17, 15) is 14.4 Å². The number of β-lactam (4-membered cyclic amide) rings is 1. The molecule has 3 atom stereocenters. The minimum absolute atomic E-state index is 0.181. The molecule has 3 aromatic carbocycles. The Bertz CT molecular complexity index is 1300. The third kappa shape index (κ3) is 5.29. The van der Waals surface area contributed by atoms with Crippen molar-refractivity contribution in [1.29, 1.82) is 0 Å². The average Bonchev–Trinajstić information content (AvgIpc) is 2.96. The molecule has 2 aliphatic heterocycles. The van der Waals surface area contributed by atoms with Gasteiger partial charge in [0, 0.05) is 0 Å². The van der Waals surface area contributed by atoms with Crippen molar-refractivity contribution in [1.82, 2.24) is 10.2 Å². The largest absolute Gasteiger partial charge is 0.451 e. The van der Waals surface area contributed by atoms with Crippen molar-refractivity contribution in [3.8, 4) is 0 Å². The van der Waals surface area contributed by atoms with E-state index in [-0.39, 0.29) is 23.6 Å². The Balaban J connectivity index is 1.36. The fourth-order valence-electron chi connectivity index (χ4n) is 4.80. The molecule has 0 aromatic heterocycles. The first-order valence-electron chi connectivity index (χ1n) is 12.5. The minimum atomic E-state index is -0.885. The lowest BCUT2D eigenvalue weighted by Crippen LogP contribution is -2.74. The van der Waals surface area contributed by atoms with Gasteiger partial charge in [0.25, 0.3) is 0 Å². The quantitative estimate of drug-likeness (QED) is 0.248. The summed E-state index contributed by atoms with van der Waals surface area (Å²) in [6, 6.07) is 26.9. The van der Waals surface area contributed by atoms with Gasteiger partial charge in [0.15, 0.2) is 12.1 Å². The first kappa shape index (κ1) is 25.5. The van der Waals surface area contributed by atoms with Gasteiger partial charge < -0.3 is 15.0 Å². The maximum absolute atomic E-state index is 13.8. The van der Waals surface area contributed by atoms with E-state index in [0.717, 1.165) is 22.3 Å². The summed E-state index contributed by atoms with van der Waals surface area (Å²) in [5.74, 6) is -1.04. The lowest BCUT2D eigenvalue weighted by Gasteiger charge is -2.51. The van der Waals surface area contributed by atoms with E-state index in [1.165, 1.54) is 16.7 Å². The number of allylic oxidation sites excluding steroid dienone is 1. The van der Waals surface area contributed by atoms with Crippen LogP contribution in [0, 0.1) is 0 Å². The first-order valence-corrected chi connectivity index (χ1v) is 13.4. The Morgan fingerprint density at radius 2 is 1.53 bits per heavy atom. The SMILES string of the molecule is C=CCC1=CS[C@@H]2[C@H](NC(=O)Cc3ccccc3)C(=O)N2[C@H]1C(=O)OC(c1ccccc1)c1ccccc1. The molecule has 192 valence electrons. The van der Waals surface area contributed by atoms with Crippen LogP contribution in [0.2, 0.25) is 0 Å². The van der Waals surface area contributed by atoms with Crippen LogP contribution in [0.1, 0.15) is 29.2 Å². The lowest BCUT2D eigenvalue weighted by molar-refractivity contribution is -0.165. The summed E-state index contributed by atoms with van der Waals surface area (Å²) in [6.45, 7) is 3.82. The highest BCUT2D eigenvalue weighted by Crippen LogP contribution is 2.42. The second kappa shape index (κ2) is 11.5. The Kier molecular flexibility index (Phi) is 7.75. The summed E-state index contributed by atoms with van der Waals surface area (Å²) in [6.07, 6.45) is 1.71. The second-order valence-electron chi connectivity index (χ2n) is 9.21. The van der Waals surface area contributed by atoms with Gasteiger partial charge in [0.1, 0.15) is 11.4 Å². The molecular formula is C31H28N2O4S. The molecule has 1 N–H and O–H groups in total. The molecule has 1 fully saturated rings. The number of thioether (sulfide) groups is 1. The van der Waals surface area contributed by atoms with Crippen molar-refractivity contribution in [3.05, 3.63) is 131 Å². The van der Waals surface area contributed by atoms with E-state index < -0.39 is 24.2 Å². The fraction of sp³-hybridized carbons (Fsp3) is 0.194. The van der Waals surface area contributed by atoms with Crippen LogP contribution in [0.5, 0.6) is 0 Å². The van der Waals surface area contributed by atoms with Gasteiger partial charge in [0.05, 0.1) is 6.42 Å². The number of hydrogen-bond donors (Lipinski definition) is 1. The zero-order valence-electron chi connectivity index (χ0n) is 20.7.